The van der Waals surface area contributed by atoms with Gasteiger partial charge in [-0.25, -0.2) is 4.39 Å². The van der Waals surface area contributed by atoms with Gasteiger partial charge in [-0.3, -0.25) is 14.3 Å². The molecule has 0 unspecified atom stereocenters. The summed E-state index contributed by atoms with van der Waals surface area (Å²) in [7, 11) is 0. The van der Waals surface area contributed by atoms with Gasteiger partial charge < -0.3 is 11.1 Å². The number of carbonyl (C=O) groups is 2. The second kappa shape index (κ2) is 8.27. The monoisotopic (exact) mass is 366 g/mol. The molecular formula is C20H19FN4O2. The van der Waals surface area contributed by atoms with Gasteiger partial charge in [-0.05, 0) is 17.7 Å². The minimum atomic E-state index is -0.510. The van der Waals surface area contributed by atoms with E-state index in [0.717, 1.165) is 5.56 Å². The highest BCUT2D eigenvalue weighted by atomic mass is 19.1. The first-order valence-electron chi connectivity index (χ1n) is 8.47. The molecule has 7 heteroatoms. The second-order valence-corrected chi connectivity index (χ2v) is 6.00. The van der Waals surface area contributed by atoms with Gasteiger partial charge in [-0.1, -0.05) is 42.5 Å². The molecular weight excluding hydrogens is 347 g/mol. The predicted octanol–water partition coefficient (Wildman–Crippen LogP) is 2.34. The highest BCUT2D eigenvalue weighted by Gasteiger charge is 2.21. The lowest BCUT2D eigenvalue weighted by Crippen LogP contribution is -2.28. The number of benzene rings is 2. The van der Waals surface area contributed by atoms with Crippen LogP contribution in [-0.2, 0) is 11.3 Å². The van der Waals surface area contributed by atoms with Crippen molar-refractivity contribution in [1.29, 1.82) is 0 Å². The number of aromatic nitrogens is 2. The summed E-state index contributed by atoms with van der Waals surface area (Å²) in [5.41, 5.74) is 6.97. The molecule has 3 rings (SSSR count). The molecule has 1 aromatic heterocycles. The number of nitrogens with one attached hydrogen (secondary N) is 1. The fraction of sp³-hybridized carbons (Fsp3) is 0.150. The van der Waals surface area contributed by atoms with E-state index in [2.05, 4.69) is 10.4 Å². The molecule has 3 aromatic rings. The molecule has 0 aliphatic rings. The van der Waals surface area contributed by atoms with E-state index in [1.54, 1.807) is 22.9 Å². The maximum Gasteiger partial charge on any atom is 0.255 e. The molecule has 2 aromatic carbocycles. The molecule has 6 nitrogen and oxygen atoms in total. The Bertz CT molecular complexity index is 954. The normalized spacial score (nSPS) is 10.6. The molecule has 0 aliphatic heterocycles. The largest absolute Gasteiger partial charge is 0.370 e. The van der Waals surface area contributed by atoms with Gasteiger partial charge in [0.05, 0.1) is 24.0 Å². The van der Waals surface area contributed by atoms with Crippen LogP contribution >= 0.6 is 0 Å². The number of hydrogen-bond donors (Lipinski definition) is 2. The maximum atomic E-state index is 14.4. The molecule has 27 heavy (non-hydrogen) atoms. The Kier molecular flexibility index (Phi) is 5.61. The summed E-state index contributed by atoms with van der Waals surface area (Å²) in [5, 5.41) is 6.91. The smallest absolute Gasteiger partial charge is 0.255 e. The van der Waals surface area contributed by atoms with Crippen LogP contribution in [0.25, 0.3) is 11.3 Å². The predicted molar refractivity (Wildman–Crippen MR) is 99.3 cm³/mol. The zero-order valence-electron chi connectivity index (χ0n) is 14.6. The van der Waals surface area contributed by atoms with Gasteiger partial charge in [0, 0.05) is 18.5 Å². The van der Waals surface area contributed by atoms with Crippen LogP contribution in [0.2, 0.25) is 0 Å². The Morgan fingerprint density at radius 1 is 1.07 bits per heavy atom. The summed E-state index contributed by atoms with van der Waals surface area (Å²) < 4.78 is 16.0. The Labute approximate surface area is 155 Å². The van der Waals surface area contributed by atoms with E-state index >= 15 is 0 Å². The van der Waals surface area contributed by atoms with Crippen molar-refractivity contribution in [3.05, 3.63) is 77.7 Å². The molecule has 1 heterocycles. The van der Waals surface area contributed by atoms with Gasteiger partial charge in [0.1, 0.15) is 5.82 Å². The van der Waals surface area contributed by atoms with Gasteiger partial charge >= 0.3 is 0 Å². The Hall–Kier alpha value is -3.48. The van der Waals surface area contributed by atoms with Crippen molar-refractivity contribution in [2.45, 2.75) is 13.0 Å². The molecule has 0 radical (unpaired) electrons. The lowest BCUT2D eigenvalue weighted by Gasteiger charge is -2.11. The molecule has 0 atom stereocenters. The number of primary amides is 1. The van der Waals surface area contributed by atoms with Crippen molar-refractivity contribution in [3.63, 3.8) is 0 Å². The van der Waals surface area contributed by atoms with E-state index in [9.17, 15) is 14.0 Å². The van der Waals surface area contributed by atoms with Crippen molar-refractivity contribution in [1.82, 2.24) is 15.1 Å². The SMILES string of the molecule is NC(=O)CCNC(=O)c1cnn(Cc2ccccc2)c1-c1ccccc1F. The summed E-state index contributed by atoms with van der Waals surface area (Å²) in [6.45, 7) is 0.494. The molecule has 0 bridgehead atoms. The highest BCUT2D eigenvalue weighted by Crippen LogP contribution is 2.27. The van der Waals surface area contributed by atoms with Crippen molar-refractivity contribution in [2.24, 2.45) is 5.73 Å². The molecule has 0 fully saturated rings. The van der Waals surface area contributed by atoms with Crippen molar-refractivity contribution < 1.29 is 14.0 Å². The molecule has 0 spiro atoms. The number of nitrogens with zero attached hydrogens (tertiary/aromatic N) is 2. The van der Waals surface area contributed by atoms with Crippen LogP contribution in [0, 0.1) is 5.82 Å². The van der Waals surface area contributed by atoms with Gasteiger partial charge in [0.15, 0.2) is 0 Å². The third-order valence-electron chi connectivity index (χ3n) is 4.05. The first-order chi connectivity index (χ1) is 13.1. The second-order valence-electron chi connectivity index (χ2n) is 6.00. The minimum Gasteiger partial charge on any atom is -0.370 e. The standard InChI is InChI=1S/C20H19FN4O2/c21-17-9-5-4-8-15(17)19-16(20(27)23-11-10-18(22)26)12-24-25(19)13-14-6-2-1-3-7-14/h1-9,12H,10-11,13H2,(H2,22,26)(H,23,27). The molecule has 0 saturated heterocycles. The summed E-state index contributed by atoms with van der Waals surface area (Å²) in [4.78, 5) is 23.4. The Morgan fingerprint density at radius 3 is 2.48 bits per heavy atom. The summed E-state index contributed by atoms with van der Waals surface area (Å²) in [5.74, 6) is -1.39. The van der Waals surface area contributed by atoms with Crippen LogP contribution in [0.15, 0.2) is 60.8 Å². The zero-order chi connectivity index (χ0) is 19.2. The van der Waals surface area contributed by atoms with E-state index in [-0.39, 0.29) is 24.1 Å². The van der Waals surface area contributed by atoms with Crippen LogP contribution in [0.1, 0.15) is 22.3 Å². The van der Waals surface area contributed by atoms with Crippen molar-refractivity contribution in [2.75, 3.05) is 6.54 Å². The topological polar surface area (TPSA) is 90.0 Å². The average molecular weight is 366 g/mol. The van der Waals surface area contributed by atoms with Crippen LogP contribution in [-0.4, -0.2) is 28.1 Å². The molecule has 0 saturated carbocycles. The third kappa shape index (κ3) is 4.38. The maximum absolute atomic E-state index is 14.4. The lowest BCUT2D eigenvalue weighted by molar-refractivity contribution is -0.117. The minimum absolute atomic E-state index is 0.0267. The third-order valence-corrected chi connectivity index (χ3v) is 4.05. The van der Waals surface area contributed by atoms with E-state index < -0.39 is 17.6 Å². The molecule has 2 amide bonds. The Morgan fingerprint density at radius 2 is 1.78 bits per heavy atom. The van der Waals surface area contributed by atoms with E-state index in [1.807, 2.05) is 30.3 Å². The fourth-order valence-corrected chi connectivity index (χ4v) is 2.76. The van der Waals surface area contributed by atoms with E-state index in [1.165, 1.54) is 12.3 Å². The number of amides is 2. The van der Waals surface area contributed by atoms with Crippen LogP contribution in [0.3, 0.4) is 0 Å². The lowest BCUT2D eigenvalue weighted by atomic mass is 10.1. The average Bonchev–Trinajstić information content (AvgIpc) is 3.06. The Balaban J connectivity index is 1.97. The van der Waals surface area contributed by atoms with E-state index in [4.69, 9.17) is 5.73 Å². The quantitative estimate of drug-likeness (QED) is 0.672. The molecule has 3 N–H and O–H groups in total. The van der Waals surface area contributed by atoms with E-state index in [0.29, 0.717) is 12.2 Å². The van der Waals surface area contributed by atoms with Gasteiger partial charge in [-0.2, -0.15) is 5.10 Å². The van der Waals surface area contributed by atoms with Crippen LogP contribution < -0.4 is 11.1 Å². The summed E-state index contributed by atoms with van der Waals surface area (Å²) >= 11 is 0. The summed E-state index contributed by atoms with van der Waals surface area (Å²) in [6.07, 6.45) is 1.43. The first kappa shape index (κ1) is 18.3. The van der Waals surface area contributed by atoms with Crippen LogP contribution in [0.5, 0.6) is 0 Å². The number of nitrogens with two attached hydrogens (primary N) is 1. The number of carbonyl (C=O) groups excluding carboxylic acids is 2. The van der Waals surface area contributed by atoms with Crippen LogP contribution in [0.4, 0.5) is 4.39 Å². The number of halogens is 1. The summed E-state index contributed by atoms with van der Waals surface area (Å²) in [6, 6.07) is 15.8. The molecule has 138 valence electrons. The van der Waals surface area contributed by atoms with Gasteiger partial charge in [0.25, 0.3) is 5.91 Å². The van der Waals surface area contributed by atoms with Gasteiger partial charge in [-0.15, -0.1) is 0 Å². The van der Waals surface area contributed by atoms with Gasteiger partial charge in [0.2, 0.25) is 5.91 Å². The molecule has 0 aliphatic carbocycles. The van der Waals surface area contributed by atoms with Crippen molar-refractivity contribution in [3.8, 4) is 11.3 Å². The number of hydrogen-bond acceptors (Lipinski definition) is 3. The number of rotatable bonds is 7. The van der Waals surface area contributed by atoms with Crippen molar-refractivity contribution >= 4 is 11.8 Å². The zero-order valence-corrected chi connectivity index (χ0v) is 14.6. The first-order valence-corrected chi connectivity index (χ1v) is 8.47. The fourth-order valence-electron chi connectivity index (χ4n) is 2.76. The highest BCUT2D eigenvalue weighted by molar-refractivity contribution is 6.00.